The lowest BCUT2D eigenvalue weighted by Gasteiger charge is -2.18. The fourth-order valence-electron chi connectivity index (χ4n) is 9.99. The van der Waals surface area contributed by atoms with E-state index in [1.165, 1.54) is 186 Å². The molecule has 0 bridgehead atoms. The van der Waals surface area contributed by atoms with E-state index in [9.17, 15) is 14.4 Å². The van der Waals surface area contributed by atoms with Gasteiger partial charge in [0.15, 0.2) is 6.10 Å². The summed E-state index contributed by atoms with van der Waals surface area (Å²) in [6.45, 7) is 6.46. The average Bonchev–Trinajstić information content (AvgIpc) is 3.49. The number of carbonyl (C=O) groups excluding carboxylic acids is 3. The molecule has 0 aliphatic heterocycles. The molecule has 6 nitrogen and oxygen atoms in total. The second-order valence-corrected chi connectivity index (χ2v) is 23.4. The Labute approximate surface area is 514 Å². The number of rotatable bonds is 64. The molecule has 1 atom stereocenters. The minimum absolute atomic E-state index is 0.0766. The molecule has 6 heteroatoms. The molecule has 1 unspecified atom stereocenters. The van der Waals surface area contributed by atoms with Crippen LogP contribution in [-0.2, 0) is 28.6 Å². The minimum Gasteiger partial charge on any atom is -0.462 e. The summed E-state index contributed by atoms with van der Waals surface area (Å²) in [5.74, 6) is -0.881. The zero-order valence-corrected chi connectivity index (χ0v) is 54.7. The van der Waals surface area contributed by atoms with Crippen molar-refractivity contribution in [2.45, 2.75) is 348 Å². The highest BCUT2D eigenvalue weighted by atomic mass is 16.6. The summed E-state index contributed by atoms with van der Waals surface area (Å²) in [6.07, 6.45) is 97.4. The van der Waals surface area contributed by atoms with Crippen LogP contribution in [0.15, 0.2) is 109 Å². The second-order valence-electron chi connectivity index (χ2n) is 23.4. The molecule has 0 saturated carbocycles. The quantitative estimate of drug-likeness (QED) is 0.0261. The molecule has 0 aromatic heterocycles. The zero-order valence-electron chi connectivity index (χ0n) is 54.7. The molecule has 476 valence electrons. The Balaban J connectivity index is 3.99. The molecule has 0 saturated heterocycles. The van der Waals surface area contributed by atoms with Crippen molar-refractivity contribution in [3.05, 3.63) is 109 Å². The van der Waals surface area contributed by atoms with Crippen LogP contribution in [0.1, 0.15) is 342 Å². The summed E-state index contributed by atoms with van der Waals surface area (Å²) < 4.78 is 16.8. The molecular formula is C77H132O6. The van der Waals surface area contributed by atoms with Gasteiger partial charge in [-0.15, -0.1) is 0 Å². The van der Waals surface area contributed by atoms with Crippen LogP contribution in [-0.4, -0.2) is 37.2 Å². The van der Waals surface area contributed by atoms with Crippen LogP contribution >= 0.6 is 0 Å². The first-order valence-electron chi connectivity index (χ1n) is 35.4. The maximum atomic E-state index is 12.9. The summed E-state index contributed by atoms with van der Waals surface area (Å²) >= 11 is 0. The lowest BCUT2D eigenvalue weighted by molar-refractivity contribution is -0.167. The van der Waals surface area contributed by atoms with E-state index in [0.717, 1.165) is 116 Å². The molecule has 0 N–H and O–H groups in total. The summed E-state index contributed by atoms with van der Waals surface area (Å²) in [6, 6.07) is 0. The summed E-state index contributed by atoms with van der Waals surface area (Å²) in [5.41, 5.74) is 0. The first-order valence-corrected chi connectivity index (χ1v) is 35.4. The Kier molecular flexibility index (Phi) is 67.2. The highest BCUT2D eigenvalue weighted by Crippen LogP contribution is 2.17. The molecule has 83 heavy (non-hydrogen) atoms. The second kappa shape index (κ2) is 70.6. The molecule has 0 rings (SSSR count). The van der Waals surface area contributed by atoms with E-state index < -0.39 is 6.10 Å². The Morgan fingerprint density at radius 3 is 0.735 bits per heavy atom. The third-order valence-corrected chi connectivity index (χ3v) is 15.3. The standard InChI is InChI=1S/C77H132O6/c1-4-7-10-13-15-17-19-21-23-25-27-29-31-33-35-36-37-38-39-40-42-43-45-47-49-51-53-55-57-59-61-64-67-70-76(79)82-73-74(72-81-75(78)69-66-63-12-9-6-3)83-77(80)71-68-65-62-60-58-56-54-52-50-48-46-44-41-34-32-30-28-26-24-22-20-18-16-14-11-8-5-2/h7,10,15,17,20-23,26-29,32-35,37-38,74H,4-6,8-9,11-14,16,18-19,24-25,30-31,36,39-73H2,1-3H3/b10-7-,17-15-,22-20-,23-21-,28-26-,29-27-,34-32-,35-33-,38-37-. The predicted octanol–water partition coefficient (Wildman–Crippen LogP) is 24.6. The van der Waals surface area contributed by atoms with Crippen molar-refractivity contribution in [1.82, 2.24) is 0 Å². The summed E-state index contributed by atoms with van der Waals surface area (Å²) in [4.78, 5) is 38.0. The molecule has 0 aliphatic carbocycles. The van der Waals surface area contributed by atoms with Gasteiger partial charge in [-0.2, -0.15) is 0 Å². The molecule has 0 aromatic rings. The van der Waals surface area contributed by atoms with Crippen LogP contribution in [0.25, 0.3) is 0 Å². The first-order chi connectivity index (χ1) is 41.0. The molecule has 0 aliphatic rings. The number of hydrogen-bond donors (Lipinski definition) is 0. The predicted molar refractivity (Wildman–Crippen MR) is 362 cm³/mol. The number of allylic oxidation sites excluding steroid dienone is 18. The van der Waals surface area contributed by atoms with Crippen molar-refractivity contribution in [1.29, 1.82) is 0 Å². The molecule has 0 fully saturated rings. The van der Waals surface area contributed by atoms with Crippen molar-refractivity contribution < 1.29 is 28.6 Å². The van der Waals surface area contributed by atoms with Crippen LogP contribution in [0.4, 0.5) is 0 Å². The fraction of sp³-hybridized carbons (Fsp3) is 0.727. The largest absolute Gasteiger partial charge is 0.462 e. The third-order valence-electron chi connectivity index (χ3n) is 15.3. The number of unbranched alkanes of at least 4 members (excludes halogenated alkanes) is 35. The molecule has 0 radical (unpaired) electrons. The van der Waals surface area contributed by atoms with Crippen LogP contribution in [0.2, 0.25) is 0 Å². The van der Waals surface area contributed by atoms with E-state index in [-0.39, 0.29) is 31.1 Å². The van der Waals surface area contributed by atoms with Crippen LogP contribution in [0.5, 0.6) is 0 Å². The van der Waals surface area contributed by atoms with Crippen LogP contribution in [0, 0.1) is 0 Å². The van der Waals surface area contributed by atoms with Gasteiger partial charge in [0.1, 0.15) is 13.2 Å². The topological polar surface area (TPSA) is 78.9 Å². The van der Waals surface area contributed by atoms with Crippen molar-refractivity contribution in [3.8, 4) is 0 Å². The smallest absolute Gasteiger partial charge is 0.306 e. The van der Waals surface area contributed by atoms with Gasteiger partial charge >= 0.3 is 17.9 Å². The van der Waals surface area contributed by atoms with Gasteiger partial charge in [0.2, 0.25) is 0 Å². The highest BCUT2D eigenvalue weighted by Gasteiger charge is 2.19. The van der Waals surface area contributed by atoms with Gasteiger partial charge in [0, 0.05) is 19.3 Å². The zero-order chi connectivity index (χ0) is 59.9. The third kappa shape index (κ3) is 68.7. The van der Waals surface area contributed by atoms with E-state index in [1.807, 2.05) is 0 Å². The maximum absolute atomic E-state index is 12.9. The Bertz CT molecular complexity index is 1660. The fourth-order valence-corrected chi connectivity index (χ4v) is 9.99. The lowest BCUT2D eigenvalue weighted by atomic mass is 10.0. The van der Waals surface area contributed by atoms with E-state index in [1.54, 1.807) is 0 Å². The van der Waals surface area contributed by atoms with Crippen molar-refractivity contribution in [3.63, 3.8) is 0 Å². The van der Waals surface area contributed by atoms with E-state index >= 15 is 0 Å². The van der Waals surface area contributed by atoms with Gasteiger partial charge in [-0.25, -0.2) is 0 Å². The first kappa shape index (κ1) is 79.1. The normalized spacial score (nSPS) is 12.8. The van der Waals surface area contributed by atoms with Gasteiger partial charge < -0.3 is 14.2 Å². The van der Waals surface area contributed by atoms with Crippen LogP contribution < -0.4 is 0 Å². The van der Waals surface area contributed by atoms with Crippen molar-refractivity contribution in [2.24, 2.45) is 0 Å². The van der Waals surface area contributed by atoms with Gasteiger partial charge in [-0.1, -0.05) is 323 Å². The number of carbonyl (C=O) groups is 3. The molecular weight excluding hydrogens is 1020 g/mol. The molecule has 0 heterocycles. The van der Waals surface area contributed by atoms with Gasteiger partial charge in [-0.05, 0) is 109 Å². The summed E-state index contributed by atoms with van der Waals surface area (Å²) in [7, 11) is 0. The molecule has 0 spiro atoms. The average molecular weight is 1150 g/mol. The lowest BCUT2D eigenvalue weighted by Crippen LogP contribution is -2.30. The Hall–Kier alpha value is -3.93. The van der Waals surface area contributed by atoms with Gasteiger partial charge in [0.25, 0.3) is 0 Å². The van der Waals surface area contributed by atoms with E-state index in [4.69, 9.17) is 14.2 Å². The molecule has 0 amide bonds. The Morgan fingerprint density at radius 1 is 0.253 bits per heavy atom. The molecule has 0 aromatic carbocycles. The van der Waals surface area contributed by atoms with Gasteiger partial charge in [0.05, 0.1) is 0 Å². The highest BCUT2D eigenvalue weighted by molar-refractivity contribution is 5.71. The summed E-state index contributed by atoms with van der Waals surface area (Å²) in [5, 5.41) is 0. The monoisotopic (exact) mass is 1150 g/mol. The Morgan fingerprint density at radius 2 is 0.470 bits per heavy atom. The van der Waals surface area contributed by atoms with Gasteiger partial charge in [-0.3, -0.25) is 14.4 Å². The van der Waals surface area contributed by atoms with E-state index in [2.05, 4.69) is 130 Å². The number of ether oxygens (including phenoxy) is 3. The number of hydrogen-bond acceptors (Lipinski definition) is 6. The van der Waals surface area contributed by atoms with Crippen molar-refractivity contribution >= 4 is 17.9 Å². The maximum Gasteiger partial charge on any atom is 0.306 e. The minimum atomic E-state index is -0.776. The van der Waals surface area contributed by atoms with Crippen LogP contribution in [0.3, 0.4) is 0 Å². The SMILES string of the molecule is CC/C=C\C/C=C\C/C=C\C/C=C\C/C=C\C/C=C\CCCCCCCCCCCCCCCCC(=O)OCC(COC(=O)CCCCCCC)OC(=O)CCCCCCCCCCCCCC/C=C\C/C=C\C/C=C\CCCCCCC. The van der Waals surface area contributed by atoms with E-state index in [0.29, 0.717) is 19.3 Å². The number of esters is 3. The van der Waals surface area contributed by atoms with Crippen molar-refractivity contribution in [2.75, 3.05) is 13.2 Å².